The summed E-state index contributed by atoms with van der Waals surface area (Å²) in [6.45, 7) is 2.45. The highest BCUT2D eigenvalue weighted by atomic mass is 16.7. The van der Waals surface area contributed by atoms with Gasteiger partial charge in [0.1, 0.15) is 24.4 Å². The Morgan fingerprint density at radius 3 is 1.97 bits per heavy atom. The van der Waals surface area contributed by atoms with Crippen LogP contribution in [0.1, 0.15) is 20.8 Å². The standard InChI is InChI=1S/C18H28O13/c1-7(20)27-11-6-26-18(16(29-9(3)22)14(11)28-8(2)21)31-15-12(23)10(5-19)30-17(25-4)13(15)24/h10-19,23-24H,5-6H2,1-4H3/t10-,11-,12-,13+,14-,15+,16+,17+,18-/m1/s1. The lowest BCUT2D eigenvalue weighted by Gasteiger charge is -2.45. The largest absolute Gasteiger partial charge is 0.456 e. The van der Waals surface area contributed by atoms with Crippen molar-refractivity contribution in [1.82, 2.24) is 0 Å². The highest BCUT2D eigenvalue weighted by Crippen LogP contribution is 2.30. The zero-order valence-corrected chi connectivity index (χ0v) is 17.5. The Morgan fingerprint density at radius 1 is 0.871 bits per heavy atom. The zero-order chi connectivity index (χ0) is 23.3. The smallest absolute Gasteiger partial charge is 0.303 e. The van der Waals surface area contributed by atoms with E-state index >= 15 is 0 Å². The van der Waals surface area contributed by atoms with Crippen molar-refractivity contribution in [2.75, 3.05) is 20.3 Å². The molecule has 0 aromatic rings. The van der Waals surface area contributed by atoms with Crippen molar-refractivity contribution >= 4 is 17.9 Å². The second-order valence-corrected chi connectivity index (χ2v) is 7.04. The van der Waals surface area contributed by atoms with Crippen molar-refractivity contribution in [3.63, 3.8) is 0 Å². The Morgan fingerprint density at radius 2 is 1.45 bits per heavy atom. The van der Waals surface area contributed by atoms with E-state index in [2.05, 4.69) is 0 Å². The predicted octanol–water partition coefficient (Wildman–Crippen LogP) is -2.39. The summed E-state index contributed by atoms with van der Waals surface area (Å²) in [6, 6.07) is 0. The molecule has 0 amide bonds. The minimum atomic E-state index is -1.51. The molecule has 0 saturated carbocycles. The second-order valence-electron chi connectivity index (χ2n) is 7.04. The van der Waals surface area contributed by atoms with Gasteiger partial charge in [0.05, 0.1) is 13.2 Å². The van der Waals surface area contributed by atoms with Gasteiger partial charge in [0.25, 0.3) is 0 Å². The number of esters is 3. The molecule has 0 aliphatic carbocycles. The van der Waals surface area contributed by atoms with Gasteiger partial charge in [-0.3, -0.25) is 14.4 Å². The molecule has 178 valence electrons. The molecule has 3 N–H and O–H groups in total. The van der Waals surface area contributed by atoms with Gasteiger partial charge in [-0.15, -0.1) is 0 Å². The van der Waals surface area contributed by atoms with E-state index in [9.17, 15) is 29.7 Å². The number of methoxy groups -OCH3 is 1. The molecular weight excluding hydrogens is 424 g/mol. The van der Waals surface area contributed by atoms with Gasteiger partial charge in [-0.1, -0.05) is 0 Å². The van der Waals surface area contributed by atoms with E-state index in [0.717, 1.165) is 20.8 Å². The molecule has 2 saturated heterocycles. The van der Waals surface area contributed by atoms with Gasteiger partial charge >= 0.3 is 17.9 Å². The van der Waals surface area contributed by atoms with Crippen molar-refractivity contribution in [1.29, 1.82) is 0 Å². The Labute approximate surface area is 178 Å². The SMILES string of the molecule is CO[C@H]1O[C@H](CO)[C@@H](O)[C@H](O[C@H]2OC[C@@H](OC(C)=O)[C@@H](OC(C)=O)[C@@H]2OC(C)=O)[C@@H]1O. The van der Waals surface area contributed by atoms with Crippen LogP contribution in [-0.2, 0) is 47.5 Å². The van der Waals surface area contributed by atoms with Crippen LogP contribution in [0.2, 0.25) is 0 Å². The third-order valence-corrected chi connectivity index (χ3v) is 4.65. The van der Waals surface area contributed by atoms with Crippen LogP contribution in [0.3, 0.4) is 0 Å². The van der Waals surface area contributed by atoms with Crippen molar-refractivity contribution < 1.29 is 62.9 Å². The van der Waals surface area contributed by atoms with Crippen LogP contribution in [0.5, 0.6) is 0 Å². The van der Waals surface area contributed by atoms with Crippen LogP contribution in [0.4, 0.5) is 0 Å². The van der Waals surface area contributed by atoms with Gasteiger partial charge in [-0.25, -0.2) is 0 Å². The van der Waals surface area contributed by atoms with Gasteiger partial charge in [0, 0.05) is 27.9 Å². The molecular formula is C18H28O13. The molecule has 0 bridgehead atoms. The first-order chi connectivity index (χ1) is 14.6. The van der Waals surface area contributed by atoms with E-state index in [4.69, 9.17) is 33.2 Å². The third-order valence-electron chi connectivity index (χ3n) is 4.65. The lowest BCUT2D eigenvalue weighted by atomic mass is 9.98. The number of aliphatic hydroxyl groups excluding tert-OH is 3. The maximum atomic E-state index is 11.7. The first-order valence-electron chi connectivity index (χ1n) is 9.53. The maximum absolute atomic E-state index is 11.7. The number of carbonyl (C=O) groups excluding carboxylic acids is 3. The average molecular weight is 452 g/mol. The van der Waals surface area contributed by atoms with Gasteiger partial charge in [0.15, 0.2) is 30.9 Å². The summed E-state index contributed by atoms with van der Waals surface area (Å²) < 4.78 is 37.0. The van der Waals surface area contributed by atoms with Crippen LogP contribution < -0.4 is 0 Å². The first kappa shape index (κ1) is 25.4. The summed E-state index contributed by atoms with van der Waals surface area (Å²) >= 11 is 0. The molecule has 2 aliphatic heterocycles. The second kappa shape index (κ2) is 11.1. The van der Waals surface area contributed by atoms with Gasteiger partial charge in [0.2, 0.25) is 0 Å². The van der Waals surface area contributed by atoms with E-state index in [-0.39, 0.29) is 6.61 Å². The molecule has 0 spiro atoms. The average Bonchev–Trinajstić information content (AvgIpc) is 2.68. The number of aliphatic hydroxyl groups is 3. The lowest BCUT2D eigenvalue weighted by Crippen LogP contribution is -2.64. The van der Waals surface area contributed by atoms with Crippen LogP contribution in [0.25, 0.3) is 0 Å². The fourth-order valence-corrected chi connectivity index (χ4v) is 3.39. The first-order valence-corrected chi connectivity index (χ1v) is 9.53. The fourth-order valence-electron chi connectivity index (χ4n) is 3.39. The number of carbonyl (C=O) groups is 3. The van der Waals surface area contributed by atoms with Gasteiger partial charge < -0.3 is 48.5 Å². The summed E-state index contributed by atoms with van der Waals surface area (Å²) in [5, 5.41) is 30.3. The summed E-state index contributed by atoms with van der Waals surface area (Å²) in [5.74, 6) is -2.21. The molecule has 13 nitrogen and oxygen atoms in total. The summed E-state index contributed by atoms with van der Waals surface area (Å²) in [6.07, 6.45) is -12.0. The Balaban J connectivity index is 2.30. The Bertz CT molecular complexity index is 624. The minimum Gasteiger partial charge on any atom is -0.456 e. The molecule has 2 fully saturated rings. The molecule has 9 atom stereocenters. The highest BCUT2D eigenvalue weighted by molar-refractivity contribution is 5.68. The molecule has 31 heavy (non-hydrogen) atoms. The van der Waals surface area contributed by atoms with E-state index in [0.29, 0.717) is 0 Å². The molecule has 0 radical (unpaired) electrons. The highest BCUT2D eigenvalue weighted by Gasteiger charge is 2.52. The fraction of sp³-hybridized carbons (Fsp3) is 0.833. The quantitative estimate of drug-likeness (QED) is 0.276. The number of ether oxygens (including phenoxy) is 7. The molecule has 0 unspecified atom stereocenters. The summed E-state index contributed by atoms with van der Waals surface area (Å²) in [7, 11) is 1.25. The Kier molecular flexibility index (Phi) is 9.12. The number of rotatable bonds is 7. The van der Waals surface area contributed by atoms with E-state index in [1.165, 1.54) is 7.11 Å². The third kappa shape index (κ3) is 6.32. The van der Waals surface area contributed by atoms with Crippen molar-refractivity contribution in [2.24, 2.45) is 0 Å². The van der Waals surface area contributed by atoms with E-state index in [1.54, 1.807) is 0 Å². The monoisotopic (exact) mass is 452 g/mol. The predicted molar refractivity (Wildman–Crippen MR) is 96.0 cm³/mol. The summed E-state index contributed by atoms with van der Waals surface area (Å²) in [4.78, 5) is 34.7. The van der Waals surface area contributed by atoms with Gasteiger partial charge in [-0.2, -0.15) is 0 Å². The molecule has 2 rings (SSSR count). The van der Waals surface area contributed by atoms with Crippen LogP contribution in [0, 0.1) is 0 Å². The Hall–Kier alpha value is -1.87. The van der Waals surface area contributed by atoms with Crippen LogP contribution >= 0.6 is 0 Å². The summed E-state index contributed by atoms with van der Waals surface area (Å²) in [5.41, 5.74) is 0. The molecule has 2 heterocycles. The molecule has 0 aromatic heterocycles. The molecule has 13 heteroatoms. The van der Waals surface area contributed by atoms with Crippen molar-refractivity contribution in [3.8, 4) is 0 Å². The van der Waals surface area contributed by atoms with E-state index in [1.807, 2.05) is 0 Å². The van der Waals surface area contributed by atoms with Crippen molar-refractivity contribution in [3.05, 3.63) is 0 Å². The van der Waals surface area contributed by atoms with Crippen molar-refractivity contribution in [2.45, 2.75) is 76.1 Å². The zero-order valence-electron chi connectivity index (χ0n) is 17.5. The lowest BCUT2D eigenvalue weighted by molar-refractivity contribution is -0.347. The number of hydrogen-bond acceptors (Lipinski definition) is 13. The topological polar surface area (TPSA) is 177 Å². The normalized spacial score (nSPS) is 38.2. The van der Waals surface area contributed by atoms with Crippen LogP contribution in [-0.4, -0.2) is 109 Å². The molecule has 0 aromatic carbocycles. The van der Waals surface area contributed by atoms with Gasteiger partial charge in [-0.05, 0) is 0 Å². The maximum Gasteiger partial charge on any atom is 0.303 e. The minimum absolute atomic E-state index is 0.299. The van der Waals surface area contributed by atoms with E-state index < -0.39 is 79.8 Å². The number of hydrogen-bond donors (Lipinski definition) is 3. The molecule has 2 aliphatic rings. The van der Waals surface area contributed by atoms with Crippen LogP contribution in [0.15, 0.2) is 0 Å².